The predicted molar refractivity (Wildman–Crippen MR) is 77.9 cm³/mol. The third-order valence-electron chi connectivity index (χ3n) is 3.36. The average molecular weight is 282 g/mol. The summed E-state index contributed by atoms with van der Waals surface area (Å²) < 4.78 is 1.52. The van der Waals surface area contributed by atoms with Gasteiger partial charge >= 0.3 is 0 Å². The molecule has 2 aromatic heterocycles. The molecule has 21 heavy (non-hydrogen) atoms. The molecule has 0 aliphatic carbocycles. The topological polar surface area (TPSA) is 85.6 Å². The number of aryl methyl sites for hydroxylation is 2. The van der Waals surface area contributed by atoms with E-state index in [2.05, 4.69) is 25.8 Å². The minimum Gasteiger partial charge on any atom is -0.289 e. The first-order chi connectivity index (χ1) is 10.2. The molecular weight excluding hydrogens is 268 g/mol. The van der Waals surface area contributed by atoms with Crippen molar-refractivity contribution in [2.75, 3.05) is 5.32 Å². The number of nitrogens with zero attached hydrogens (tertiary/aromatic N) is 5. The third kappa shape index (κ3) is 2.33. The van der Waals surface area contributed by atoms with Crippen LogP contribution in [0.5, 0.6) is 0 Å². The lowest BCUT2D eigenvalue weighted by Crippen LogP contribution is -2.17. The van der Waals surface area contributed by atoms with Gasteiger partial charge in [-0.05, 0) is 48.0 Å². The summed E-state index contributed by atoms with van der Waals surface area (Å²) >= 11 is 0. The zero-order valence-corrected chi connectivity index (χ0v) is 11.7. The molecular formula is C14H14N6O. The molecule has 0 unspecified atom stereocenters. The Labute approximate surface area is 121 Å². The maximum absolute atomic E-state index is 12.4. The van der Waals surface area contributed by atoms with Crippen LogP contribution in [0.4, 0.5) is 5.95 Å². The number of tetrazole rings is 1. The summed E-state index contributed by atoms with van der Waals surface area (Å²) in [5.74, 6) is 0.107. The van der Waals surface area contributed by atoms with Gasteiger partial charge in [-0.2, -0.15) is 0 Å². The number of aromatic nitrogens is 5. The Hall–Kier alpha value is -2.83. The van der Waals surface area contributed by atoms with Crippen LogP contribution in [0.15, 0.2) is 30.5 Å². The molecule has 0 spiro atoms. The molecule has 0 bridgehead atoms. The first kappa shape index (κ1) is 13.2. The van der Waals surface area contributed by atoms with Gasteiger partial charge in [0.25, 0.3) is 5.91 Å². The first-order valence-electron chi connectivity index (χ1n) is 6.62. The second-order valence-corrected chi connectivity index (χ2v) is 4.58. The summed E-state index contributed by atoms with van der Waals surface area (Å²) in [6.07, 6.45) is 1.73. The van der Waals surface area contributed by atoms with Crippen molar-refractivity contribution in [1.29, 1.82) is 0 Å². The number of nitrogens with one attached hydrogen (secondary N) is 1. The number of hydrogen-bond donors (Lipinski definition) is 1. The van der Waals surface area contributed by atoms with Crippen LogP contribution >= 0.6 is 0 Å². The molecule has 0 fully saturated rings. The highest BCUT2D eigenvalue weighted by Gasteiger charge is 2.14. The molecule has 0 radical (unpaired) electrons. The molecule has 0 aliphatic heterocycles. The van der Waals surface area contributed by atoms with Gasteiger partial charge in [-0.3, -0.25) is 15.1 Å². The second kappa shape index (κ2) is 5.28. The van der Waals surface area contributed by atoms with Crippen molar-refractivity contribution in [3.05, 3.63) is 41.6 Å². The summed E-state index contributed by atoms with van der Waals surface area (Å²) in [5, 5.41) is 14.8. The Bertz CT molecular complexity index is 810. The van der Waals surface area contributed by atoms with Crippen LogP contribution < -0.4 is 5.32 Å². The minimum absolute atomic E-state index is 0.234. The minimum atomic E-state index is -0.234. The van der Waals surface area contributed by atoms with Gasteiger partial charge in [0.05, 0.1) is 5.52 Å². The fraction of sp³-hybridized carbons (Fsp3) is 0.214. The van der Waals surface area contributed by atoms with E-state index in [9.17, 15) is 4.79 Å². The van der Waals surface area contributed by atoms with E-state index in [1.807, 2.05) is 32.0 Å². The molecule has 0 saturated heterocycles. The van der Waals surface area contributed by atoms with Gasteiger partial charge in [0, 0.05) is 23.7 Å². The van der Waals surface area contributed by atoms with Crippen molar-refractivity contribution in [3.8, 4) is 0 Å². The highest BCUT2D eigenvalue weighted by molar-refractivity contribution is 6.07. The zero-order valence-electron chi connectivity index (χ0n) is 11.7. The average Bonchev–Trinajstić information content (AvgIpc) is 2.95. The Balaban J connectivity index is 1.97. The number of carbonyl (C=O) groups excluding carboxylic acids is 1. The van der Waals surface area contributed by atoms with Crippen molar-refractivity contribution in [1.82, 2.24) is 25.2 Å². The van der Waals surface area contributed by atoms with Gasteiger partial charge in [-0.1, -0.05) is 11.2 Å². The van der Waals surface area contributed by atoms with E-state index in [-0.39, 0.29) is 5.91 Å². The summed E-state index contributed by atoms with van der Waals surface area (Å²) in [6.45, 7) is 4.39. The molecule has 0 atom stereocenters. The third-order valence-corrected chi connectivity index (χ3v) is 3.36. The van der Waals surface area contributed by atoms with Gasteiger partial charge < -0.3 is 0 Å². The summed E-state index contributed by atoms with van der Waals surface area (Å²) in [5.41, 5.74) is 2.33. The van der Waals surface area contributed by atoms with Crippen LogP contribution in [0.2, 0.25) is 0 Å². The summed E-state index contributed by atoms with van der Waals surface area (Å²) in [7, 11) is 0. The van der Waals surface area contributed by atoms with Crippen LogP contribution in [-0.4, -0.2) is 31.1 Å². The Kier molecular flexibility index (Phi) is 3.31. The van der Waals surface area contributed by atoms with Crippen LogP contribution in [0.3, 0.4) is 0 Å². The monoisotopic (exact) mass is 282 g/mol. The lowest BCUT2D eigenvalue weighted by atomic mass is 10.0. The molecule has 0 aliphatic rings. The number of carbonyl (C=O) groups is 1. The van der Waals surface area contributed by atoms with E-state index in [1.165, 1.54) is 4.68 Å². The number of amides is 1. The Morgan fingerprint density at radius 3 is 3.00 bits per heavy atom. The maximum Gasteiger partial charge on any atom is 0.258 e. The molecule has 106 valence electrons. The van der Waals surface area contributed by atoms with Crippen molar-refractivity contribution in [3.63, 3.8) is 0 Å². The largest absolute Gasteiger partial charge is 0.289 e. The fourth-order valence-corrected chi connectivity index (χ4v) is 2.22. The van der Waals surface area contributed by atoms with Crippen LogP contribution in [0.1, 0.15) is 22.8 Å². The summed E-state index contributed by atoms with van der Waals surface area (Å²) in [6, 6.07) is 7.40. The van der Waals surface area contributed by atoms with Crippen molar-refractivity contribution < 1.29 is 4.79 Å². The van der Waals surface area contributed by atoms with E-state index in [0.29, 0.717) is 18.1 Å². The molecule has 1 N–H and O–H groups in total. The zero-order chi connectivity index (χ0) is 14.8. The quantitative estimate of drug-likeness (QED) is 0.791. The smallest absolute Gasteiger partial charge is 0.258 e. The van der Waals surface area contributed by atoms with E-state index in [4.69, 9.17) is 0 Å². The van der Waals surface area contributed by atoms with E-state index in [1.54, 1.807) is 12.3 Å². The van der Waals surface area contributed by atoms with Crippen molar-refractivity contribution in [2.45, 2.75) is 20.4 Å². The second-order valence-electron chi connectivity index (χ2n) is 4.58. The molecule has 7 heteroatoms. The van der Waals surface area contributed by atoms with E-state index in [0.717, 1.165) is 16.5 Å². The number of rotatable bonds is 3. The Morgan fingerprint density at radius 1 is 1.33 bits per heavy atom. The van der Waals surface area contributed by atoms with E-state index >= 15 is 0 Å². The molecule has 0 saturated carbocycles. The number of anilines is 1. The molecule has 1 aromatic carbocycles. The Morgan fingerprint density at radius 2 is 2.19 bits per heavy atom. The first-order valence-corrected chi connectivity index (χ1v) is 6.62. The molecule has 1 amide bonds. The molecule has 3 rings (SSSR count). The van der Waals surface area contributed by atoms with Crippen molar-refractivity contribution >= 4 is 22.8 Å². The standard InChI is InChI=1S/C14H14N6O/c1-3-20-14(17-18-19-20)16-13(21)11-6-7-12-10(9(11)2)5-4-8-15-12/h4-8H,3H2,1-2H3,(H,16,17,19,21). The number of benzene rings is 1. The number of hydrogen-bond acceptors (Lipinski definition) is 5. The normalized spacial score (nSPS) is 10.8. The maximum atomic E-state index is 12.4. The molecule has 2 heterocycles. The van der Waals surface area contributed by atoms with Crippen molar-refractivity contribution in [2.24, 2.45) is 0 Å². The van der Waals surface area contributed by atoms with Crippen LogP contribution in [0.25, 0.3) is 10.9 Å². The fourth-order valence-electron chi connectivity index (χ4n) is 2.22. The molecule has 7 nitrogen and oxygen atoms in total. The highest BCUT2D eigenvalue weighted by Crippen LogP contribution is 2.20. The predicted octanol–water partition coefficient (Wildman–Crippen LogP) is 1.80. The SMILES string of the molecule is CCn1nnnc1NC(=O)c1ccc2ncccc2c1C. The van der Waals surface area contributed by atoms with Crippen LogP contribution in [0, 0.1) is 6.92 Å². The highest BCUT2D eigenvalue weighted by atomic mass is 16.1. The van der Waals surface area contributed by atoms with E-state index < -0.39 is 0 Å². The van der Waals surface area contributed by atoms with Gasteiger partial charge in [0.15, 0.2) is 0 Å². The lowest BCUT2D eigenvalue weighted by molar-refractivity contribution is 0.102. The lowest BCUT2D eigenvalue weighted by Gasteiger charge is -2.09. The molecule has 3 aromatic rings. The van der Waals surface area contributed by atoms with Gasteiger partial charge in [0.2, 0.25) is 5.95 Å². The van der Waals surface area contributed by atoms with Crippen LogP contribution in [-0.2, 0) is 6.54 Å². The number of pyridine rings is 1. The number of fused-ring (bicyclic) bond motifs is 1. The van der Waals surface area contributed by atoms with Gasteiger partial charge in [-0.15, -0.1) is 0 Å². The van der Waals surface area contributed by atoms with Gasteiger partial charge in [0.1, 0.15) is 0 Å². The summed E-state index contributed by atoms with van der Waals surface area (Å²) in [4.78, 5) is 16.7. The van der Waals surface area contributed by atoms with Gasteiger partial charge in [-0.25, -0.2) is 4.68 Å².